The van der Waals surface area contributed by atoms with Crippen LogP contribution in [0.25, 0.3) is 10.8 Å². The van der Waals surface area contributed by atoms with Crippen LogP contribution in [0.1, 0.15) is 17.9 Å². The van der Waals surface area contributed by atoms with Crippen molar-refractivity contribution in [2.45, 2.75) is 18.5 Å². The Morgan fingerprint density at radius 1 is 1.00 bits per heavy atom. The van der Waals surface area contributed by atoms with Gasteiger partial charge in [0.25, 0.3) is 0 Å². The molecule has 0 N–H and O–H groups in total. The number of rotatable bonds is 2. The van der Waals surface area contributed by atoms with Crippen molar-refractivity contribution >= 4 is 10.8 Å². The Morgan fingerprint density at radius 2 is 1.65 bits per heavy atom. The van der Waals surface area contributed by atoms with E-state index in [1.165, 1.54) is 0 Å². The van der Waals surface area contributed by atoms with E-state index in [1.54, 1.807) is 12.1 Å². The second-order valence-electron chi connectivity index (χ2n) is 4.08. The predicted octanol–water partition coefficient (Wildman–Crippen LogP) is 4.71. The Balaban J connectivity index is 2.41. The van der Waals surface area contributed by atoms with Crippen molar-refractivity contribution in [3.63, 3.8) is 0 Å². The highest BCUT2D eigenvalue weighted by molar-refractivity contribution is 5.86. The van der Waals surface area contributed by atoms with Gasteiger partial charge in [0.15, 0.2) is 0 Å². The standard InChI is InChI=1S/C14H12F3/c1-10(9-14(15,16)17)12-8-4-6-11-5-2-3-7-13(11)12/h2-8,10H,1,9H2. The van der Waals surface area contributed by atoms with Gasteiger partial charge in [-0.1, -0.05) is 42.5 Å². The molecule has 0 aromatic heterocycles. The van der Waals surface area contributed by atoms with Crippen molar-refractivity contribution in [2.24, 2.45) is 0 Å². The summed E-state index contributed by atoms with van der Waals surface area (Å²) in [5, 5.41) is 1.79. The van der Waals surface area contributed by atoms with Gasteiger partial charge in [-0.3, -0.25) is 0 Å². The molecule has 2 rings (SSSR count). The minimum atomic E-state index is -4.18. The molecule has 0 aliphatic heterocycles. The van der Waals surface area contributed by atoms with E-state index in [2.05, 4.69) is 6.92 Å². The molecule has 0 nitrogen and oxygen atoms in total. The quantitative estimate of drug-likeness (QED) is 0.709. The van der Waals surface area contributed by atoms with Crippen LogP contribution in [0, 0.1) is 6.92 Å². The Bertz CT molecular complexity index is 509. The summed E-state index contributed by atoms with van der Waals surface area (Å²) in [6, 6.07) is 12.8. The van der Waals surface area contributed by atoms with Gasteiger partial charge in [-0.05, 0) is 29.2 Å². The summed E-state index contributed by atoms with van der Waals surface area (Å²) in [4.78, 5) is 0. The molecule has 0 spiro atoms. The Morgan fingerprint density at radius 3 is 2.35 bits per heavy atom. The lowest BCUT2D eigenvalue weighted by Crippen LogP contribution is -2.12. The average Bonchev–Trinajstić information content (AvgIpc) is 2.26. The summed E-state index contributed by atoms with van der Waals surface area (Å²) in [6.45, 7) is 3.62. The van der Waals surface area contributed by atoms with Gasteiger partial charge in [0, 0.05) is 0 Å². The molecule has 0 saturated heterocycles. The minimum absolute atomic E-state index is 0.653. The van der Waals surface area contributed by atoms with Crippen LogP contribution in [0.3, 0.4) is 0 Å². The molecule has 1 atom stereocenters. The van der Waals surface area contributed by atoms with Crippen LogP contribution in [-0.4, -0.2) is 6.18 Å². The zero-order chi connectivity index (χ0) is 12.5. The summed E-state index contributed by atoms with van der Waals surface area (Å²) in [7, 11) is 0. The number of fused-ring (bicyclic) bond motifs is 1. The summed E-state index contributed by atoms with van der Waals surface area (Å²) < 4.78 is 37.1. The second-order valence-corrected chi connectivity index (χ2v) is 4.08. The number of alkyl halides is 3. The molecule has 0 bridgehead atoms. The molecule has 2 aromatic rings. The predicted molar refractivity (Wildman–Crippen MR) is 62.7 cm³/mol. The van der Waals surface area contributed by atoms with Crippen molar-refractivity contribution in [1.82, 2.24) is 0 Å². The van der Waals surface area contributed by atoms with E-state index in [0.717, 1.165) is 10.8 Å². The van der Waals surface area contributed by atoms with Crippen LogP contribution in [0.2, 0.25) is 0 Å². The molecule has 0 amide bonds. The van der Waals surface area contributed by atoms with Crippen LogP contribution in [0.15, 0.2) is 42.5 Å². The van der Waals surface area contributed by atoms with E-state index in [4.69, 9.17) is 0 Å². The maximum absolute atomic E-state index is 12.4. The molecule has 1 unspecified atom stereocenters. The van der Waals surface area contributed by atoms with Gasteiger partial charge in [0.05, 0.1) is 6.42 Å². The monoisotopic (exact) mass is 237 g/mol. The topological polar surface area (TPSA) is 0 Å². The van der Waals surface area contributed by atoms with Crippen molar-refractivity contribution < 1.29 is 13.2 Å². The van der Waals surface area contributed by atoms with Gasteiger partial charge in [-0.25, -0.2) is 0 Å². The normalized spacial score (nSPS) is 13.9. The zero-order valence-electron chi connectivity index (χ0n) is 9.17. The molecule has 1 radical (unpaired) electrons. The molecule has 0 saturated carbocycles. The van der Waals surface area contributed by atoms with Crippen LogP contribution in [0.5, 0.6) is 0 Å². The van der Waals surface area contributed by atoms with Crippen LogP contribution < -0.4 is 0 Å². The molecule has 89 valence electrons. The fourth-order valence-corrected chi connectivity index (χ4v) is 2.00. The third-order valence-electron chi connectivity index (χ3n) is 2.74. The highest BCUT2D eigenvalue weighted by Crippen LogP contribution is 2.33. The van der Waals surface area contributed by atoms with Gasteiger partial charge in [-0.15, -0.1) is 0 Å². The van der Waals surface area contributed by atoms with E-state index in [9.17, 15) is 13.2 Å². The van der Waals surface area contributed by atoms with Gasteiger partial charge in [0.2, 0.25) is 0 Å². The third-order valence-corrected chi connectivity index (χ3v) is 2.74. The molecule has 3 heteroatoms. The number of halogens is 3. The highest BCUT2D eigenvalue weighted by Gasteiger charge is 2.30. The second kappa shape index (κ2) is 4.40. The molecule has 0 fully saturated rings. The van der Waals surface area contributed by atoms with Crippen LogP contribution in [0.4, 0.5) is 13.2 Å². The number of hydrogen-bond acceptors (Lipinski definition) is 0. The lowest BCUT2D eigenvalue weighted by molar-refractivity contribution is -0.136. The molecule has 17 heavy (non-hydrogen) atoms. The summed E-state index contributed by atoms with van der Waals surface area (Å²) in [5.74, 6) is -0.763. The van der Waals surface area contributed by atoms with E-state index < -0.39 is 18.5 Å². The van der Waals surface area contributed by atoms with Crippen LogP contribution >= 0.6 is 0 Å². The summed E-state index contributed by atoms with van der Waals surface area (Å²) in [5.41, 5.74) is 0.653. The highest BCUT2D eigenvalue weighted by atomic mass is 19.4. The van der Waals surface area contributed by atoms with E-state index >= 15 is 0 Å². The van der Waals surface area contributed by atoms with E-state index in [0.29, 0.717) is 5.56 Å². The SMILES string of the molecule is [CH2]C(CC(F)(F)F)c1cccc2ccccc12. The lowest BCUT2D eigenvalue weighted by atomic mass is 9.92. The Kier molecular flexibility index (Phi) is 3.09. The fourth-order valence-electron chi connectivity index (χ4n) is 2.00. The largest absolute Gasteiger partial charge is 0.389 e. The third kappa shape index (κ3) is 2.78. The molecule has 0 heterocycles. The van der Waals surface area contributed by atoms with Gasteiger partial charge in [0.1, 0.15) is 0 Å². The smallest absolute Gasteiger partial charge is 0.171 e. The number of hydrogen-bond donors (Lipinski definition) is 0. The van der Waals surface area contributed by atoms with Gasteiger partial charge >= 0.3 is 6.18 Å². The van der Waals surface area contributed by atoms with Gasteiger partial charge < -0.3 is 0 Å². The first kappa shape index (κ1) is 12.0. The van der Waals surface area contributed by atoms with Crippen molar-refractivity contribution in [3.8, 4) is 0 Å². The Hall–Kier alpha value is -1.51. The van der Waals surface area contributed by atoms with Gasteiger partial charge in [-0.2, -0.15) is 13.2 Å². The molecule has 0 aliphatic carbocycles. The Labute approximate surface area is 98.1 Å². The van der Waals surface area contributed by atoms with Crippen LogP contribution in [-0.2, 0) is 0 Å². The van der Waals surface area contributed by atoms with Crippen molar-refractivity contribution in [3.05, 3.63) is 55.0 Å². The van der Waals surface area contributed by atoms with E-state index in [-0.39, 0.29) is 0 Å². The molecule has 2 aromatic carbocycles. The first-order valence-corrected chi connectivity index (χ1v) is 5.35. The molecular formula is C14H12F3. The number of benzene rings is 2. The first-order valence-electron chi connectivity index (χ1n) is 5.35. The molecule has 0 aliphatic rings. The maximum Gasteiger partial charge on any atom is 0.389 e. The van der Waals surface area contributed by atoms with Crippen molar-refractivity contribution in [2.75, 3.05) is 0 Å². The van der Waals surface area contributed by atoms with Crippen molar-refractivity contribution in [1.29, 1.82) is 0 Å². The minimum Gasteiger partial charge on any atom is -0.171 e. The summed E-state index contributed by atoms with van der Waals surface area (Å²) in [6.07, 6.45) is -5.07. The molecular weight excluding hydrogens is 225 g/mol. The zero-order valence-corrected chi connectivity index (χ0v) is 9.17. The summed E-state index contributed by atoms with van der Waals surface area (Å²) >= 11 is 0. The fraction of sp³-hybridized carbons (Fsp3) is 0.214. The maximum atomic E-state index is 12.4. The first-order chi connectivity index (χ1) is 7.97. The lowest BCUT2D eigenvalue weighted by Gasteiger charge is -2.16. The van der Waals surface area contributed by atoms with E-state index in [1.807, 2.05) is 30.3 Å². The average molecular weight is 237 g/mol.